The fourth-order valence-corrected chi connectivity index (χ4v) is 3.26. The van der Waals surface area contributed by atoms with Gasteiger partial charge in [-0.15, -0.1) is 0 Å². The van der Waals surface area contributed by atoms with Crippen LogP contribution in [0.15, 0.2) is 24.3 Å². The number of carbonyl (C=O) groups excluding carboxylic acids is 1. The summed E-state index contributed by atoms with van der Waals surface area (Å²) < 4.78 is 43.7. The molecular weight excluding hydrogens is 345 g/mol. The van der Waals surface area contributed by atoms with Crippen LogP contribution in [0, 0.1) is 0 Å². The molecule has 1 aromatic carbocycles. The zero-order valence-corrected chi connectivity index (χ0v) is 15.1. The topological polar surface area (TPSA) is 32.8 Å². The number of ether oxygens (including phenoxy) is 1. The summed E-state index contributed by atoms with van der Waals surface area (Å²) in [7, 11) is 0. The van der Waals surface area contributed by atoms with Crippen LogP contribution in [-0.4, -0.2) is 53.6 Å². The molecule has 0 bridgehead atoms. The van der Waals surface area contributed by atoms with Crippen molar-refractivity contribution in [2.75, 3.05) is 19.7 Å². The summed E-state index contributed by atoms with van der Waals surface area (Å²) in [5.41, 5.74) is 0.0586. The third-order valence-electron chi connectivity index (χ3n) is 5.02. The highest BCUT2D eigenvalue weighted by atomic mass is 19.4. The van der Waals surface area contributed by atoms with Gasteiger partial charge in [-0.3, -0.25) is 9.69 Å². The summed E-state index contributed by atoms with van der Waals surface area (Å²) in [6.45, 7) is 6.03. The van der Waals surface area contributed by atoms with E-state index in [0.29, 0.717) is 26.2 Å². The van der Waals surface area contributed by atoms with Crippen molar-refractivity contribution >= 4 is 5.91 Å². The number of morpholine rings is 1. The number of benzene rings is 1. The Balaban J connectivity index is 1.64. The number of alkyl halides is 3. The molecule has 0 radical (unpaired) electrons. The summed E-state index contributed by atoms with van der Waals surface area (Å²) in [4.78, 5) is 16.8. The number of hydrogen-bond acceptors (Lipinski definition) is 3. The molecule has 1 aliphatic heterocycles. The molecule has 144 valence electrons. The van der Waals surface area contributed by atoms with E-state index in [2.05, 4.69) is 4.90 Å². The lowest BCUT2D eigenvalue weighted by Crippen LogP contribution is -2.51. The van der Waals surface area contributed by atoms with Gasteiger partial charge in [0.25, 0.3) is 0 Å². The van der Waals surface area contributed by atoms with E-state index in [9.17, 15) is 18.0 Å². The lowest BCUT2D eigenvalue weighted by Gasteiger charge is -2.37. The average molecular weight is 370 g/mol. The molecule has 0 spiro atoms. The van der Waals surface area contributed by atoms with E-state index in [-0.39, 0.29) is 24.1 Å². The van der Waals surface area contributed by atoms with Crippen molar-refractivity contribution in [2.24, 2.45) is 0 Å². The Kier molecular flexibility index (Phi) is 5.58. The normalized spacial score (nSPS) is 24.5. The van der Waals surface area contributed by atoms with Gasteiger partial charge in [0.1, 0.15) is 0 Å². The first-order valence-electron chi connectivity index (χ1n) is 9.05. The lowest BCUT2D eigenvalue weighted by atomic mass is 10.1. The van der Waals surface area contributed by atoms with Crippen molar-refractivity contribution in [3.63, 3.8) is 0 Å². The van der Waals surface area contributed by atoms with Gasteiger partial charge in [-0.2, -0.15) is 13.2 Å². The molecule has 1 aliphatic carbocycles. The summed E-state index contributed by atoms with van der Waals surface area (Å²) in [5.74, 6) is 0.0355. The van der Waals surface area contributed by atoms with E-state index >= 15 is 0 Å². The summed E-state index contributed by atoms with van der Waals surface area (Å²) in [6.07, 6.45) is -2.32. The predicted molar refractivity (Wildman–Crippen MR) is 91.5 cm³/mol. The number of rotatable bonds is 5. The predicted octanol–water partition coefficient (Wildman–Crippen LogP) is 3.31. The number of hydrogen-bond donors (Lipinski definition) is 0. The second-order valence-electron chi connectivity index (χ2n) is 7.37. The SMILES string of the molecule is CC1CN(CC(=O)N(Cc2ccc(C(F)(F)F)cc2)C2CC2)C(C)CO1. The number of carbonyl (C=O) groups is 1. The van der Waals surface area contributed by atoms with Crippen LogP contribution in [0.3, 0.4) is 0 Å². The zero-order chi connectivity index (χ0) is 18.9. The van der Waals surface area contributed by atoms with E-state index in [1.54, 1.807) is 0 Å². The van der Waals surface area contributed by atoms with Crippen LogP contribution in [0.2, 0.25) is 0 Å². The molecule has 7 heteroatoms. The highest BCUT2D eigenvalue weighted by Crippen LogP contribution is 2.31. The Hall–Kier alpha value is -1.60. The molecule has 1 heterocycles. The van der Waals surface area contributed by atoms with Gasteiger partial charge in [0.05, 0.1) is 24.8 Å². The third kappa shape index (κ3) is 4.76. The third-order valence-corrected chi connectivity index (χ3v) is 5.02. The van der Waals surface area contributed by atoms with Crippen LogP contribution in [0.5, 0.6) is 0 Å². The molecule has 1 aromatic rings. The van der Waals surface area contributed by atoms with Crippen molar-refractivity contribution in [3.8, 4) is 0 Å². The Bertz CT molecular complexity index is 629. The lowest BCUT2D eigenvalue weighted by molar-refractivity contribution is -0.138. The fourth-order valence-electron chi connectivity index (χ4n) is 3.26. The van der Waals surface area contributed by atoms with Crippen LogP contribution >= 0.6 is 0 Å². The molecule has 2 fully saturated rings. The smallest absolute Gasteiger partial charge is 0.376 e. The number of halogens is 3. The fraction of sp³-hybridized carbons (Fsp3) is 0.632. The maximum absolute atomic E-state index is 12.8. The summed E-state index contributed by atoms with van der Waals surface area (Å²) >= 11 is 0. The largest absolute Gasteiger partial charge is 0.416 e. The van der Waals surface area contributed by atoms with Crippen LogP contribution < -0.4 is 0 Å². The second kappa shape index (κ2) is 7.56. The molecule has 0 N–H and O–H groups in total. The minimum atomic E-state index is -4.34. The minimum absolute atomic E-state index is 0.0355. The highest BCUT2D eigenvalue weighted by molar-refractivity contribution is 5.79. The van der Waals surface area contributed by atoms with Crippen molar-refractivity contribution < 1.29 is 22.7 Å². The van der Waals surface area contributed by atoms with E-state index in [1.165, 1.54) is 12.1 Å². The van der Waals surface area contributed by atoms with Crippen molar-refractivity contribution in [2.45, 2.75) is 57.6 Å². The van der Waals surface area contributed by atoms with Gasteiger partial charge in [-0.1, -0.05) is 12.1 Å². The highest BCUT2D eigenvalue weighted by Gasteiger charge is 2.35. The van der Waals surface area contributed by atoms with Crippen LogP contribution in [0.4, 0.5) is 13.2 Å². The van der Waals surface area contributed by atoms with Crippen molar-refractivity contribution in [1.29, 1.82) is 0 Å². The molecule has 1 amide bonds. The van der Waals surface area contributed by atoms with E-state index in [1.807, 2.05) is 18.7 Å². The average Bonchev–Trinajstić information content (AvgIpc) is 3.40. The first-order chi connectivity index (χ1) is 12.2. The van der Waals surface area contributed by atoms with Gasteiger partial charge >= 0.3 is 6.18 Å². The molecule has 1 saturated heterocycles. The van der Waals surface area contributed by atoms with Crippen molar-refractivity contribution in [3.05, 3.63) is 35.4 Å². The molecule has 2 unspecified atom stereocenters. The van der Waals surface area contributed by atoms with E-state index in [4.69, 9.17) is 4.74 Å². The molecule has 4 nitrogen and oxygen atoms in total. The number of amides is 1. The summed E-state index contributed by atoms with van der Waals surface area (Å²) in [6, 6.07) is 5.48. The second-order valence-corrected chi connectivity index (χ2v) is 7.37. The van der Waals surface area contributed by atoms with Crippen molar-refractivity contribution in [1.82, 2.24) is 9.80 Å². The molecule has 0 aromatic heterocycles. The van der Waals surface area contributed by atoms with E-state index in [0.717, 1.165) is 30.5 Å². The first-order valence-corrected chi connectivity index (χ1v) is 9.05. The molecule has 1 saturated carbocycles. The van der Waals surface area contributed by atoms with Crippen LogP contribution in [0.1, 0.15) is 37.8 Å². The zero-order valence-electron chi connectivity index (χ0n) is 15.1. The molecular formula is C19H25F3N2O2. The maximum Gasteiger partial charge on any atom is 0.416 e. The van der Waals surface area contributed by atoms with Gasteiger partial charge in [0.15, 0.2) is 0 Å². The Morgan fingerprint density at radius 2 is 1.88 bits per heavy atom. The van der Waals surface area contributed by atoms with Gasteiger partial charge in [0.2, 0.25) is 5.91 Å². The minimum Gasteiger partial charge on any atom is -0.376 e. The molecule has 3 rings (SSSR count). The Morgan fingerprint density at radius 1 is 1.23 bits per heavy atom. The maximum atomic E-state index is 12.8. The monoisotopic (exact) mass is 370 g/mol. The Labute approximate surface area is 151 Å². The van der Waals surface area contributed by atoms with Crippen LogP contribution in [0.25, 0.3) is 0 Å². The summed E-state index contributed by atoms with van der Waals surface area (Å²) in [5, 5.41) is 0. The van der Waals surface area contributed by atoms with E-state index < -0.39 is 11.7 Å². The Morgan fingerprint density at radius 3 is 2.46 bits per heavy atom. The first kappa shape index (κ1) is 19.2. The van der Waals surface area contributed by atoms with Gasteiger partial charge < -0.3 is 9.64 Å². The van der Waals surface area contributed by atoms with Gasteiger partial charge in [-0.25, -0.2) is 0 Å². The molecule has 2 aliphatic rings. The standard InChI is InChI=1S/C19H25F3N2O2/c1-13-12-26-14(2)9-23(13)11-18(25)24(17-7-8-17)10-15-3-5-16(6-4-15)19(20,21)22/h3-6,13-14,17H,7-12H2,1-2H3. The number of nitrogens with zero attached hydrogens (tertiary/aromatic N) is 2. The van der Waals surface area contributed by atoms with Crippen LogP contribution in [-0.2, 0) is 22.3 Å². The quantitative estimate of drug-likeness (QED) is 0.797. The molecule has 2 atom stereocenters. The van der Waals surface area contributed by atoms with Gasteiger partial charge in [0, 0.05) is 25.2 Å². The van der Waals surface area contributed by atoms with Gasteiger partial charge in [-0.05, 0) is 44.4 Å². The molecule has 26 heavy (non-hydrogen) atoms.